The highest BCUT2D eigenvalue weighted by molar-refractivity contribution is 6.30. The van der Waals surface area contributed by atoms with Gasteiger partial charge in [-0.25, -0.2) is 0 Å². The third kappa shape index (κ3) is 3.72. The number of halogens is 1. The second kappa shape index (κ2) is 6.21. The van der Waals surface area contributed by atoms with E-state index < -0.39 is 0 Å². The molecule has 2 unspecified atom stereocenters. The predicted octanol–water partition coefficient (Wildman–Crippen LogP) is 3.00. The van der Waals surface area contributed by atoms with Crippen LogP contribution in [0.2, 0.25) is 5.02 Å². The van der Waals surface area contributed by atoms with Crippen LogP contribution in [0.25, 0.3) is 0 Å². The summed E-state index contributed by atoms with van der Waals surface area (Å²) in [5.41, 5.74) is 0.673. The molecular formula is C14H19ClN2O. The number of phenols is 1. The number of piperidine rings is 1. The first-order valence-electron chi connectivity index (χ1n) is 6.39. The van der Waals surface area contributed by atoms with Crippen LogP contribution in [0.4, 0.5) is 0 Å². The molecule has 2 rings (SSSR count). The van der Waals surface area contributed by atoms with Crippen LogP contribution < -0.4 is 5.32 Å². The summed E-state index contributed by atoms with van der Waals surface area (Å²) in [5, 5.41) is 13.8. The zero-order valence-corrected chi connectivity index (χ0v) is 11.3. The summed E-state index contributed by atoms with van der Waals surface area (Å²) in [6.07, 6.45) is 5.37. The normalized spacial score (nSPS) is 24.6. The van der Waals surface area contributed by atoms with Crippen molar-refractivity contribution in [3.63, 3.8) is 0 Å². The summed E-state index contributed by atoms with van der Waals surface area (Å²) in [5.74, 6) is 0.216. The fraction of sp³-hybridized carbons (Fsp3) is 0.500. The number of aromatic hydroxyl groups is 1. The summed E-state index contributed by atoms with van der Waals surface area (Å²) in [6.45, 7) is 2.95. The van der Waals surface area contributed by atoms with Crippen LogP contribution in [0, 0.1) is 0 Å². The van der Waals surface area contributed by atoms with E-state index in [1.54, 1.807) is 24.4 Å². The van der Waals surface area contributed by atoms with Crippen LogP contribution >= 0.6 is 11.6 Å². The lowest BCUT2D eigenvalue weighted by Crippen LogP contribution is -2.42. The Morgan fingerprint density at radius 1 is 1.50 bits per heavy atom. The number of nitrogens with zero attached hydrogens (tertiary/aromatic N) is 1. The molecule has 1 aromatic rings. The van der Waals surface area contributed by atoms with Crippen molar-refractivity contribution in [3.8, 4) is 5.75 Å². The van der Waals surface area contributed by atoms with Gasteiger partial charge in [-0.2, -0.15) is 0 Å². The van der Waals surface area contributed by atoms with Crippen molar-refractivity contribution in [3.05, 3.63) is 28.8 Å². The van der Waals surface area contributed by atoms with E-state index in [-0.39, 0.29) is 5.75 Å². The Labute approximate surface area is 113 Å². The highest BCUT2D eigenvalue weighted by Crippen LogP contribution is 2.19. The quantitative estimate of drug-likeness (QED) is 0.826. The number of aliphatic imine (C=N–C) groups is 1. The molecule has 3 nitrogen and oxygen atoms in total. The van der Waals surface area contributed by atoms with Gasteiger partial charge in [0.2, 0.25) is 0 Å². The molecule has 0 spiro atoms. The molecule has 1 heterocycles. The topological polar surface area (TPSA) is 44.6 Å². The van der Waals surface area contributed by atoms with E-state index in [1.807, 2.05) is 0 Å². The molecule has 0 saturated carbocycles. The van der Waals surface area contributed by atoms with Crippen molar-refractivity contribution < 1.29 is 5.11 Å². The molecule has 1 aromatic carbocycles. The highest BCUT2D eigenvalue weighted by Gasteiger charge is 2.16. The number of nitrogens with one attached hydrogen (secondary N) is 1. The fourth-order valence-corrected chi connectivity index (χ4v) is 2.47. The van der Waals surface area contributed by atoms with E-state index in [9.17, 15) is 5.11 Å². The van der Waals surface area contributed by atoms with Crippen LogP contribution in [-0.4, -0.2) is 29.9 Å². The van der Waals surface area contributed by atoms with Crippen LogP contribution in [-0.2, 0) is 0 Å². The molecule has 0 amide bonds. The molecule has 1 aliphatic heterocycles. The fourth-order valence-electron chi connectivity index (χ4n) is 2.29. The minimum atomic E-state index is 0.216. The van der Waals surface area contributed by atoms with Crippen molar-refractivity contribution in [2.24, 2.45) is 4.99 Å². The summed E-state index contributed by atoms with van der Waals surface area (Å²) in [7, 11) is 0. The maximum atomic E-state index is 9.65. The van der Waals surface area contributed by atoms with Gasteiger partial charge in [-0.05, 0) is 38.0 Å². The zero-order chi connectivity index (χ0) is 13.0. The number of hydrogen-bond donors (Lipinski definition) is 2. The minimum absolute atomic E-state index is 0.216. The summed E-state index contributed by atoms with van der Waals surface area (Å²) >= 11 is 5.88. The van der Waals surface area contributed by atoms with Crippen molar-refractivity contribution in [2.45, 2.75) is 38.3 Å². The van der Waals surface area contributed by atoms with Crippen LogP contribution in [0.1, 0.15) is 31.7 Å². The maximum Gasteiger partial charge on any atom is 0.124 e. The van der Waals surface area contributed by atoms with Gasteiger partial charge in [-0.1, -0.05) is 18.0 Å². The molecule has 1 aliphatic rings. The molecule has 2 atom stereocenters. The molecule has 0 aromatic heterocycles. The first kappa shape index (κ1) is 13.4. The number of rotatable bonds is 3. The molecule has 2 N–H and O–H groups in total. The largest absolute Gasteiger partial charge is 0.507 e. The van der Waals surface area contributed by atoms with Gasteiger partial charge >= 0.3 is 0 Å². The minimum Gasteiger partial charge on any atom is -0.507 e. The van der Waals surface area contributed by atoms with Crippen LogP contribution in [0.15, 0.2) is 23.2 Å². The predicted molar refractivity (Wildman–Crippen MR) is 75.8 cm³/mol. The third-order valence-corrected chi connectivity index (χ3v) is 3.49. The molecule has 0 bridgehead atoms. The molecule has 4 heteroatoms. The Kier molecular flexibility index (Phi) is 4.61. The van der Waals surface area contributed by atoms with E-state index in [0.717, 1.165) is 6.54 Å². The Morgan fingerprint density at radius 2 is 2.33 bits per heavy atom. The molecule has 1 fully saturated rings. The Balaban J connectivity index is 1.92. The smallest absolute Gasteiger partial charge is 0.124 e. The lowest BCUT2D eigenvalue weighted by molar-refractivity contribution is 0.341. The summed E-state index contributed by atoms with van der Waals surface area (Å²) < 4.78 is 0. The second-order valence-electron chi connectivity index (χ2n) is 4.89. The number of benzene rings is 1. The summed E-state index contributed by atoms with van der Waals surface area (Å²) in [6, 6.07) is 6.01. The van der Waals surface area contributed by atoms with E-state index in [4.69, 9.17) is 11.6 Å². The maximum absolute atomic E-state index is 9.65. The Morgan fingerprint density at radius 3 is 3.11 bits per heavy atom. The number of hydrogen-bond acceptors (Lipinski definition) is 3. The zero-order valence-electron chi connectivity index (χ0n) is 10.6. The van der Waals surface area contributed by atoms with Crippen LogP contribution in [0.3, 0.4) is 0 Å². The third-order valence-electron chi connectivity index (χ3n) is 3.26. The standard InChI is InChI=1S/C14H19ClN2O/c1-10-3-2-4-13(17-10)9-16-8-11-7-12(15)5-6-14(11)18/h5-8,10,13,17-18H,2-4,9H2,1H3. The molecule has 18 heavy (non-hydrogen) atoms. The SMILES string of the molecule is CC1CCCC(CN=Cc2cc(Cl)ccc2O)N1. The molecule has 98 valence electrons. The molecule has 0 radical (unpaired) electrons. The monoisotopic (exact) mass is 266 g/mol. The van der Waals surface area contributed by atoms with Crippen LogP contribution in [0.5, 0.6) is 5.75 Å². The van der Waals surface area contributed by atoms with Gasteiger partial charge in [-0.3, -0.25) is 4.99 Å². The summed E-state index contributed by atoms with van der Waals surface area (Å²) in [4.78, 5) is 4.40. The van der Waals surface area contributed by atoms with E-state index >= 15 is 0 Å². The van der Waals surface area contributed by atoms with Gasteiger partial charge in [0.15, 0.2) is 0 Å². The average Bonchev–Trinajstić information content (AvgIpc) is 2.34. The first-order chi connectivity index (χ1) is 8.65. The average molecular weight is 267 g/mol. The van der Waals surface area contributed by atoms with E-state index in [2.05, 4.69) is 17.2 Å². The lowest BCUT2D eigenvalue weighted by Gasteiger charge is -2.27. The van der Waals surface area contributed by atoms with Crippen molar-refractivity contribution in [1.82, 2.24) is 5.32 Å². The van der Waals surface area contributed by atoms with Crippen molar-refractivity contribution in [2.75, 3.05) is 6.54 Å². The second-order valence-corrected chi connectivity index (χ2v) is 5.33. The van der Waals surface area contributed by atoms with Gasteiger partial charge in [0, 0.05) is 28.9 Å². The van der Waals surface area contributed by atoms with E-state index in [0.29, 0.717) is 22.7 Å². The van der Waals surface area contributed by atoms with Crippen molar-refractivity contribution >= 4 is 17.8 Å². The first-order valence-corrected chi connectivity index (χ1v) is 6.77. The highest BCUT2D eigenvalue weighted by atomic mass is 35.5. The van der Waals surface area contributed by atoms with Gasteiger partial charge in [0.1, 0.15) is 5.75 Å². The lowest BCUT2D eigenvalue weighted by atomic mass is 10.00. The molecular weight excluding hydrogens is 248 g/mol. The number of phenolic OH excluding ortho intramolecular Hbond substituents is 1. The van der Waals surface area contributed by atoms with E-state index in [1.165, 1.54) is 19.3 Å². The van der Waals surface area contributed by atoms with Gasteiger partial charge in [0.05, 0.1) is 6.54 Å². The Bertz CT molecular complexity index is 434. The van der Waals surface area contributed by atoms with Gasteiger partial charge < -0.3 is 10.4 Å². The molecule has 0 aliphatic carbocycles. The van der Waals surface area contributed by atoms with Crippen molar-refractivity contribution in [1.29, 1.82) is 0 Å². The van der Waals surface area contributed by atoms with Gasteiger partial charge in [0.25, 0.3) is 0 Å². The Hall–Kier alpha value is -1.06. The molecule has 1 saturated heterocycles. The van der Waals surface area contributed by atoms with Gasteiger partial charge in [-0.15, -0.1) is 0 Å².